The fraction of sp³-hybridized carbons (Fsp3) is 0.286. The van der Waals surface area contributed by atoms with Gasteiger partial charge in [0.15, 0.2) is 0 Å². The van der Waals surface area contributed by atoms with Gasteiger partial charge in [-0.05, 0) is 23.7 Å². The molecule has 0 fully saturated rings. The first-order valence-corrected chi connectivity index (χ1v) is 8.37. The molecule has 132 valence electrons. The van der Waals surface area contributed by atoms with Gasteiger partial charge in [0.25, 0.3) is 0 Å². The Morgan fingerprint density at radius 3 is 2.16 bits per heavy atom. The van der Waals surface area contributed by atoms with E-state index in [4.69, 9.17) is 4.74 Å². The Bertz CT molecular complexity index is 668. The molecule has 0 aromatic heterocycles. The predicted molar refractivity (Wildman–Crippen MR) is 101 cm³/mol. The molecule has 2 aromatic rings. The standard InChI is InChI=1S/C21H26N2O2/c1-4-14-22(2)15-18-10-12-19(13-11-18)16-23(3)21(24)25-17-20-8-6-5-7-9-20/h4-13H,1,14-17H2,2-3H3. The van der Waals surface area contributed by atoms with Crippen molar-refractivity contribution in [2.75, 3.05) is 20.6 Å². The highest BCUT2D eigenvalue weighted by atomic mass is 16.6. The minimum atomic E-state index is -0.321. The van der Waals surface area contributed by atoms with Gasteiger partial charge in [-0.15, -0.1) is 6.58 Å². The number of benzene rings is 2. The van der Waals surface area contributed by atoms with Crippen LogP contribution in [-0.2, 0) is 24.4 Å². The summed E-state index contributed by atoms with van der Waals surface area (Å²) in [6.45, 7) is 6.30. The molecule has 0 aliphatic carbocycles. The second kappa shape index (κ2) is 9.64. The Morgan fingerprint density at radius 1 is 0.960 bits per heavy atom. The zero-order valence-corrected chi connectivity index (χ0v) is 15.0. The van der Waals surface area contributed by atoms with E-state index in [1.807, 2.05) is 36.4 Å². The van der Waals surface area contributed by atoms with Crippen molar-refractivity contribution in [2.24, 2.45) is 0 Å². The fourth-order valence-electron chi connectivity index (χ4n) is 2.51. The molecule has 2 aromatic carbocycles. The molecule has 0 aliphatic rings. The lowest BCUT2D eigenvalue weighted by Gasteiger charge is -2.18. The molecule has 0 saturated carbocycles. The number of rotatable bonds is 8. The maximum absolute atomic E-state index is 12.1. The Hall–Kier alpha value is -2.59. The molecule has 25 heavy (non-hydrogen) atoms. The van der Waals surface area contributed by atoms with Crippen LogP contribution in [0, 0.1) is 0 Å². The van der Waals surface area contributed by atoms with Gasteiger partial charge < -0.3 is 9.64 Å². The van der Waals surface area contributed by atoms with Crippen molar-refractivity contribution in [2.45, 2.75) is 19.7 Å². The lowest BCUT2D eigenvalue weighted by atomic mass is 10.1. The van der Waals surface area contributed by atoms with Crippen LogP contribution < -0.4 is 0 Å². The van der Waals surface area contributed by atoms with Crippen LogP contribution in [0.1, 0.15) is 16.7 Å². The minimum Gasteiger partial charge on any atom is -0.445 e. The third kappa shape index (κ3) is 6.43. The van der Waals surface area contributed by atoms with Gasteiger partial charge in [-0.1, -0.05) is 60.7 Å². The Morgan fingerprint density at radius 2 is 1.56 bits per heavy atom. The SMILES string of the molecule is C=CCN(C)Cc1ccc(CN(C)C(=O)OCc2ccccc2)cc1. The molecule has 2 rings (SSSR count). The first kappa shape index (κ1) is 18.7. The molecule has 0 unspecified atom stereocenters. The first-order chi connectivity index (χ1) is 12.1. The highest BCUT2D eigenvalue weighted by molar-refractivity contribution is 5.67. The predicted octanol–water partition coefficient (Wildman–Crippen LogP) is 4.07. The van der Waals surface area contributed by atoms with Crippen molar-refractivity contribution in [3.05, 3.63) is 83.9 Å². The number of carbonyl (C=O) groups excluding carboxylic acids is 1. The monoisotopic (exact) mass is 338 g/mol. The molecular weight excluding hydrogens is 312 g/mol. The first-order valence-electron chi connectivity index (χ1n) is 8.37. The highest BCUT2D eigenvalue weighted by Gasteiger charge is 2.11. The Labute approximate surface area is 150 Å². The van der Waals surface area contributed by atoms with Crippen molar-refractivity contribution in [3.8, 4) is 0 Å². The van der Waals surface area contributed by atoms with Crippen LogP contribution in [-0.4, -0.2) is 36.5 Å². The summed E-state index contributed by atoms with van der Waals surface area (Å²) < 4.78 is 5.34. The van der Waals surface area contributed by atoms with E-state index in [9.17, 15) is 4.79 Å². The van der Waals surface area contributed by atoms with Crippen molar-refractivity contribution in [1.82, 2.24) is 9.80 Å². The summed E-state index contributed by atoms with van der Waals surface area (Å²) in [5.74, 6) is 0. The van der Waals surface area contributed by atoms with Crippen LogP contribution in [0.15, 0.2) is 67.3 Å². The second-order valence-corrected chi connectivity index (χ2v) is 6.20. The van der Waals surface area contributed by atoms with Gasteiger partial charge in [0, 0.05) is 26.7 Å². The molecule has 0 radical (unpaired) electrons. The van der Waals surface area contributed by atoms with Gasteiger partial charge in [-0.25, -0.2) is 4.79 Å². The number of amides is 1. The van der Waals surface area contributed by atoms with Crippen molar-refractivity contribution >= 4 is 6.09 Å². The molecule has 0 atom stereocenters. The van der Waals surface area contributed by atoms with Crippen LogP contribution in [0.25, 0.3) is 0 Å². The Kier molecular flexibility index (Phi) is 7.23. The summed E-state index contributed by atoms with van der Waals surface area (Å²) >= 11 is 0. The van der Waals surface area contributed by atoms with Gasteiger partial charge >= 0.3 is 6.09 Å². The number of likely N-dealkylation sites (N-methyl/N-ethyl adjacent to an activating group) is 1. The molecule has 0 N–H and O–H groups in total. The van der Waals surface area contributed by atoms with Crippen LogP contribution in [0.3, 0.4) is 0 Å². The number of hydrogen-bond donors (Lipinski definition) is 0. The fourth-order valence-corrected chi connectivity index (χ4v) is 2.51. The molecule has 0 aliphatic heterocycles. The maximum Gasteiger partial charge on any atom is 0.410 e. The van der Waals surface area contributed by atoms with Gasteiger partial charge in [0.05, 0.1) is 0 Å². The quantitative estimate of drug-likeness (QED) is 0.680. The van der Waals surface area contributed by atoms with Crippen LogP contribution in [0.5, 0.6) is 0 Å². The van der Waals surface area contributed by atoms with E-state index in [1.165, 1.54) is 5.56 Å². The minimum absolute atomic E-state index is 0.290. The van der Waals surface area contributed by atoms with E-state index in [0.717, 1.165) is 24.2 Å². The third-order valence-corrected chi connectivity index (χ3v) is 3.85. The molecule has 4 nitrogen and oxygen atoms in total. The summed E-state index contributed by atoms with van der Waals surface area (Å²) in [4.78, 5) is 15.9. The van der Waals surface area contributed by atoms with Gasteiger partial charge in [-0.2, -0.15) is 0 Å². The summed E-state index contributed by atoms with van der Waals surface area (Å²) in [5, 5.41) is 0. The average molecular weight is 338 g/mol. The summed E-state index contributed by atoms with van der Waals surface area (Å²) in [6, 6.07) is 18.0. The summed E-state index contributed by atoms with van der Waals surface area (Å²) in [5.41, 5.74) is 3.30. The normalized spacial score (nSPS) is 10.5. The summed E-state index contributed by atoms with van der Waals surface area (Å²) in [6.07, 6.45) is 1.57. The number of nitrogens with zero attached hydrogens (tertiary/aromatic N) is 2. The highest BCUT2D eigenvalue weighted by Crippen LogP contribution is 2.10. The summed E-state index contributed by atoms with van der Waals surface area (Å²) in [7, 11) is 3.81. The third-order valence-electron chi connectivity index (χ3n) is 3.85. The second-order valence-electron chi connectivity index (χ2n) is 6.20. The van der Waals surface area contributed by atoms with Gasteiger partial charge in [-0.3, -0.25) is 4.90 Å². The molecule has 0 saturated heterocycles. The number of ether oxygens (including phenoxy) is 1. The van der Waals surface area contributed by atoms with E-state index >= 15 is 0 Å². The van der Waals surface area contributed by atoms with E-state index in [-0.39, 0.29) is 6.09 Å². The van der Waals surface area contributed by atoms with Crippen molar-refractivity contribution in [3.63, 3.8) is 0 Å². The lowest BCUT2D eigenvalue weighted by molar-refractivity contribution is 0.103. The van der Waals surface area contributed by atoms with Gasteiger partial charge in [0.1, 0.15) is 6.61 Å². The van der Waals surface area contributed by atoms with Crippen LogP contribution in [0.4, 0.5) is 4.79 Å². The van der Waals surface area contributed by atoms with Crippen molar-refractivity contribution < 1.29 is 9.53 Å². The molecule has 1 amide bonds. The zero-order chi connectivity index (χ0) is 18.1. The molecular formula is C21H26N2O2. The smallest absolute Gasteiger partial charge is 0.410 e. The zero-order valence-electron chi connectivity index (χ0n) is 15.0. The number of carbonyl (C=O) groups is 1. The topological polar surface area (TPSA) is 32.8 Å². The van der Waals surface area contributed by atoms with Crippen LogP contribution in [0.2, 0.25) is 0 Å². The largest absolute Gasteiger partial charge is 0.445 e. The molecule has 0 spiro atoms. The lowest BCUT2D eigenvalue weighted by Crippen LogP contribution is -2.26. The Balaban J connectivity index is 1.82. The molecule has 4 heteroatoms. The van der Waals surface area contributed by atoms with Crippen LogP contribution >= 0.6 is 0 Å². The van der Waals surface area contributed by atoms with E-state index < -0.39 is 0 Å². The van der Waals surface area contributed by atoms with Crippen molar-refractivity contribution in [1.29, 1.82) is 0 Å². The molecule has 0 bridgehead atoms. The van der Waals surface area contributed by atoms with Gasteiger partial charge in [0.2, 0.25) is 0 Å². The molecule has 0 heterocycles. The van der Waals surface area contributed by atoms with E-state index in [2.05, 4.69) is 42.8 Å². The van der Waals surface area contributed by atoms with E-state index in [0.29, 0.717) is 13.2 Å². The van der Waals surface area contributed by atoms with E-state index in [1.54, 1.807) is 11.9 Å². The number of hydrogen-bond acceptors (Lipinski definition) is 3. The maximum atomic E-state index is 12.1. The average Bonchev–Trinajstić information content (AvgIpc) is 2.62.